The molecule has 0 aromatic heterocycles. The second-order valence-corrected chi connectivity index (χ2v) is 11.8. The van der Waals surface area contributed by atoms with E-state index in [0.717, 1.165) is 50.1 Å². The van der Waals surface area contributed by atoms with E-state index in [4.69, 9.17) is 21.6 Å². The number of hydrogen-bond acceptors (Lipinski definition) is 6. The molecule has 0 atom stereocenters. The molecule has 1 saturated carbocycles. The molecule has 39 heavy (non-hydrogen) atoms. The fraction of sp³-hybridized carbons (Fsp3) is 0.500. The Morgan fingerprint density at radius 1 is 1.03 bits per heavy atom. The molecule has 2 amide bonds. The lowest BCUT2D eigenvalue weighted by molar-refractivity contribution is 0.0240. The van der Waals surface area contributed by atoms with Crippen molar-refractivity contribution in [3.05, 3.63) is 58.6 Å². The summed E-state index contributed by atoms with van der Waals surface area (Å²) in [5, 5.41) is 12.8. The van der Waals surface area contributed by atoms with Crippen molar-refractivity contribution in [2.75, 3.05) is 43.0 Å². The maximum Gasteiger partial charge on any atom is 0.410 e. The van der Waals surface area contributed by atoms with E-state index in [2.05, 4.69) is 28.2 Å². The van der Waals surface area contributed by atoms with Crippen LogP contribution in [0.25, 0.3) is 0 Å². The van der Waals surface area contributed by atoms with Crippen molar-refractivity contribution in [1.29, 1.82) is 5.26 Å². The van der Waals surface area contributed by atoms with Gasteiger partial charge >= 0.3 is 6.09 Å². The fourth-order valence-electron chi connectivity index (χ4n) is 5.20. The van der Waals surface area contributed by atoms with Crippen LogP contribution in [0.3, 0.4) is 0 Å². The molecule has 0 spiro atoms. The summed E-state index contributed by atoms with van der Waals surface area (Å²) in [6.07, 6.45) is 3.48. The molecular formula is C30H38ClN5O3. The van der Waals surface area contributed by atoms with Crippen molar-refractivity contribution >= 4 is 35.0 Å². The summed E-state index contributed by atoms with van der Waals surface area (Å²) in [7, 11) is 2.06. The van der Waals surface area contributed by atoms with E-state index in [-0.39, 0.29) is 18.0 Å². The summed E-state index contributed by atoms with van der Waals surface area (Å²) < 4.78 is 5.48. The minimum atomic E-state index is -0.499. The van der Waals surface area contributed by atoms with Crippen LogP contribution in [0.1, 0.15) is 62.4 Å². The van der Waals surface area contributed by atoms with Crippen molar-refractivity contribution in [3.8, 4) is 6.07 Å². The van der Waals surface area contributed by atoms with Crippen molar-refractivity contribution in [2.24, 2.45) is 0 Å². The van der Waals surface area contributed by atoms with Gasteiger partial charge in [-0.1, -0.05) is 11.6 Å². The summed E-state index contributed by atoms with van der Waals surface area (Å²) >= 11 is 6.22. The molecule has 208 valence electrons. The third kappa shape index (κ3) is 7.36. The zero-order valence-electron chi connectivity index (χ0n) is 23.2. The molecular weight excluding hydrogens is 514 g/mol. The van der Waals surface area contributed by atoms with Crippen molar-refractivity contribution in [1.82, 2.24) is 10.2 Å². The van der Waals surface area contributed by atoms with Crippen LogP contribution >= 0.6 is 11.6 Å². The normalized spacial score (nSPS) is 19.7. The van der Waals surface area contributed by atoms with Crippen LogP contribution in [0.2, 0.25) is 5.02 Å². The number of nitrogens with zero attached hydrogens (tertiary/aromatic N) is 4. The summed E-state index contributed by atoms with van der Waals surface area (Å²) in [6, 6.07) is 15.8. The predicted molar refractivity (Wildman–Crippen MR) is 155 cm³/mol. The van der Waals surface area contributed by atoms with Gasteiger partial charge in [0.15, 0.2) is 0 Å². The number of ether oxygens (including phenoxy) is 1. The molecule has 4 rings (SSSR count). The number of nitrogens with one attached hydrogen (secondary N) is 1. The number of piperazine rings is 1. The molecule has 2 aromatic rings. The maximum absolute atomic E-state index is 12.9. The smallest absolute Gasteiger partial charge is 0.410 e. The molecule has 8 nitrogen and oxygen atoms in total. The third-order valence-corrected chi connectivity index (χ3v) is 7.80. The number of hydrogen-bond donors (Lipinski definition) is 1. The van der Waals surface area contributed by atoms with E-state index in [1.165, 1.54) is 0 Å². The summed E-state index contributed by atoms with van der Waals surface area (Å²) in [5.41, 5.74) is 2.67. The number of benzene rings is 2. The molecule has 9 heteroatoms. The highest BCUT2D eigenvalue weighted by Gasteiger charge is 2.27. The predicted octanol–water partition coefficient (Wildman–Crippen LogP) is 5.45. The number of amides is 2. The Kier molecular flexibility index (Phi) is 8.91. The standard InChI is InChI=1S/C30H38ClN5O3/c1-30(2,3)39-29(38)36-17-15-35(16-18-36)25-10-5-21(6-11-25)28(37)33-23-8-13-24(14-9-23)34(4)26-12-7-22(20-32)27(31)19-26/h5-7,10-12,19,23-24H,8-9,13-18H2,1-4H3,(H,33,37)/t23-,24-. The molecule has 0 radical (unpaired) electrons. The first-order chi connectivity index (χ1) is 18.5. The van der Waals surface area contributed by atoms with Gasteiger partial charge in [0.05, 0.1) is 10.6 Å². The van der Waals surface area contributed by atoms with Gasteiger partial charge in [0.2, 0.25) is 0 Å². The molecule has 1 heterocycles. The molecule has 0 bridgehead atoms. The van der Waals surface area contributed by atoms with Crippen LogP contribution in [-0.2, 0) is 4.74 Å². The van der Waals surface area contributed by atoms with E-state index in [1.807, 2.05) is 57.2 Å². The SMILES string of the molecule is CN(c1ccc(C#N)c(Cl)c1)[C@H]1CC[C@H](NC(=O)c2ccc(N3CCN(C(=O)OC(C)(C)C)CC3)cc2)CC1. The first-order valence-corrected chi connectivity index (χ1v) is 14.0. The van der Waals surface area contributed by atoms with Gasteiger partial charge in [-0.05, 0) is 88.9 Å². The van der Waals surface area contributed by atoms with Crippen molar-refractivity contribution < 1.29 is 14.3 Å². The fourth-order valence-corrected chi connectivity index (χ4v) is 5.42. The number of rotatable bonds is 5. The average molecular weight is 552 g/mol. The lowest BCUT2D eigenvalue weighted by atomic mass is 9.90. The van der Waals surface area contributed by atoms with Gasteiger partial charge in [0.25, 0.3) is 5.91 Å². The van der Waals surface area contributed by atoms with Crippen LogP contribution < -0.4 is 15.1 Å². The summed E-state index contributed by atoms with van der Waals surface area (Å²) in [4.78, 5) is 31.4. The van der Waals surface area contributed by atoms with Crippen LogP contribution in [0.15, 0.2) is 42.5 Å². The Labute approximate surface area is 236 Å². The van der Waals surface area contributed by atoms with Gasteiger partial charge in [-0.2, -0.15) is 5.26 Å². The van der Waals surface area contributed by atoms with E-state index < -0.39 is 5.60 Å². The minimum Gasteiger partial charge on any atom is -0.444 e. The first-order valence-electron chi connectivity index (χ1n) is 13.6. The first kappa shape index (κ1) is 28.6. The molecule has 1 aliphatic heterocycles. The average Bonchev–Trinajstić information content (AvgIpc) is 2.92. The summed E-state index contributed by atoms with van der Waals surface area (Å²) in [5.74, 6) is -0.0491. The monoisotopic (exact) mass is 551 g/mol. The Balaban J connectivity index is 1.24. The number of nitriles is 1. The van der Waals surface area contributed by atoms with Gasteiger partial charge in [0, 0.05) is 62.2 Å². The highest BCUT2D eigenvalue weighted by molar-refractivity contribution is 6.32. The van der Waals surface area contributed by atoms with Crippen LogP contribution in [0, 0.1) is 11.3 Å². The zero-order valence-corrected chi connectivity index (χ0v) is 24.0. The van der Waals surface area contributed by atoms with Gasteiger partial charge in [-0.25, -0.2) is 4.79 Å². The van der Waals surface area contributed by atoms with E-state index in [1.54, 1.807) is 11.0 Å². The van der Waals surface area contributed by atoms with Crippen LogP contribution in [0.4, 0.5) is 16.2 Å². The number of halogens is 1. The summed E-state index contributed by atoms with van der Waals surface area (Å²) in [6.45, 7) is 8.27. The Morgan fingerprint density at radius 2 is 1.67 bits per heavy atom. The molecule has 1 aliphatic carbocycles. The molecule has 2 fully saturated rings. The number of anilines is 2. The van der Waals surface area contributed by atoms with Crippen LogP contribution in [0.5, 0.6) is 0 Å². The molecule has 0 unspecified atom stereocenters. The highest BCUT2D eigenvalue weighted by Crippen LogP contribution is 2.29. The highest BCUT2D eigenvalue weighted by atomic mass is 35.5. The third-order valence-electron chi connectivity index (χ3n) is 7.49. The van der Waals surface area contributed by atoms with Crippen LogP contribution in [-0.4, -0.2) is 67.8 Å². The Bertz CT molecular complexity index is 1200. The van der Waals surface area contributed by atoms with E-state index >= 15 is 0 Å². The van der Waals surface area contributed by atoms with Gasteiger partial charge in [-0.3, -0.25) is 4.79 Å². The lowest BCUT2D eigenvalue weighted by Gasteiger charge is -2.37. The van der Waals surface area contributed by atoms with Gasteiger partial charge in [-0.15, -0.1) is 0 Å². The van der Waals surface area contributed by atoms with Gasteiger partial charge in [0.1, 0.15) is 11.7 Å². The second kappa shape index (κ2) is 12.2. The minimum absolute atomic E-state index is 0.0491. The van der Waals surface area contributed by atoms with Crippen molar-refractivity contribution in [2.45, 2.75) is 64.1 Å². The molecule has 2 aliphatic rings. The maximum atomic E-state index is 12.9. The van der Waals surface area contributed by atoms with E-state index in [9.17, 15) is 9.59 Å². The largest absolute Gasteiger partial charge is 0.444 e. The molecule has 2 aromatic carbocycles. The van der Waals surface area contributed by atoms with Crippen molar-refractivity contribution in [3.63, 3.8) is 0 Å². The molecule has 1 N–H and O–H groups in total. The zero-order chi connectivity index (χ0) is 28.2. The lowest BCUT2D eigenvalue weighted by Crippen LogP contribution is -2.50. The topological polar surface area (TPSA) is 88.9 Å². The number of carbonyl (C=O) groups is 2. The quantitative estimate of drug-likeness (QED) is 0.532. The molecule has 1 saturated heterocycles. The van der Waals surface area contributed by atoms with E-state index in [0.29, 0.717) is 35.3 Å². The second-order valence-electron chi connectivity index (χ2n) is 11.4. The Morgan fingerprint density at radius 3 is 2.23 bits per heavy atom. The number of carbonyl (C=O) groups excluding carboxylic acids is 2. The Hall–Kier alpha value is -3.44. The van der Waals surface area contributed by atoms with Gasteiger partial charge < -0.3 is 24.8 Å².